The van der Waals surface area contributed by atoms with E-state index in [2.05, 4.69) is 55.5 Å². The number of allylic oxidation sites excluding steroid dienone is 1. The molecule has 2 heteroatoms. The van der Waals surface area contributed by atoms with E-state index in [4.69, 9.17) is 4.74 Å². The minimum atomic E-state index is 0.678. The van der Waals surface area contributed by atoms with Crippen LogP contribution in [0.4, 0.5) is 4.39 Å². The SMILES string of the molecule is CCCOc1ccc(-c2ccc([C@H]3CC[C@H](CC/C=C/F)CC3)cc2)cc1. The fourth-order valence-electron chi connectivity index (χ4n) is 4.09. The molecule has 144 valence electrons. The third-order valence-electron chi connectivity index (χ3n) is 5.72. The highest BCUT2D eigenvalue weighted by Crippen LogP contribution is 2.38. The Morgan fingerprint density at radius 3 is 2.15 bits per heavy atom. The van der Waals surface area contributed by atoms with Gasteiger partial charge in [-0.25, -0.2) is 4.39 Å². The Balaban J connectivity index is 1.54. The van der Waals surface area contributed by atoms with Gasteiger partial charge in [0.05, 0.1) is 12.9 Å². The van der Waals surface area contributed by atoms with Crippen LogP contribution in [0.1, 0.15) is 63.4 Å². The number of rotatable bonds is 8. The van der Waals surface area contributed by atoms with Crippen LogP contribution in [0.15, 0.2) is 60.9 Å². The molecule has 1 nitrogen and oxygen atoms in total. The molecule has 0 unspecified atom stereocenters. The van der Waals surface area contributed by atoms with E-state index in [-0.39, 0.29) is 0 Å². The molecule has 0 spiro atoms. The normalized spacial score (nSPS) is 20.1. The minimum Gasteiger partial charge on any atom is -0.494 e. The molecule has 0 radical (unpaired) electrons. The first kappa shape index (κ1) is 19.7. The molecule has 1 saturated carbocycles. The van der Waals surface area contributed by atoms with Crippen LogP contribution in [0.25, 0.3) is 11.1 Å². The zero-order valence-corrected chi connectivity index (χ0v) is 16.4. The van der Waals surface area contributed by atoms with Crippen molar-refractivity contribution in [1.29, 1.82) is 0 Å². The van der Waals surface area contributed by atoms with Gasteiger partial charge in [0, 0.05) is 0 Å². The second-order valence-corrected chi connectivity index (χ2v) is 7.65. The number of hydrogen-bond acceptors (Lipinski definition) is 1. The molecule has 0 aliphatic heterocycles. The topological polar surface area (TPSA) is 9.23 Å². The summed E-state index contributed by atoms with van der Waals surface area (Å²) in [6, 6.07) is 17.5. The zero-order valence-electron chi connectivity index (χ0n) is 16.4. The Hall–Kier alpha value is -2.09. The van der Waals surface area contributed by atoms with E-state index in [1.54, 1.807) is 6.08 Å². The van der Waals surface area contributed by atoms with Crippen molar-refractivity contribution >= 4 is 0 Å². The predicted molar refractivity (Wildman–Crippen MR) is 112 cm³/mol. The smallest absolute Gasteiger partial charge is 0.119 e. The van der Waals surface area contributed by atoms with E-state index >= 15 is 0 Å². The van der Waals surface area contributed by atoms with Gasteiger partial charge < -0.3 is 4.74 Å². The summed E-state index contributed by atoms with van der Waals surface area (Å²) in [5.41, 5.74) is 3.95. The van der Waals surface area contributed by atoms with Crippen LogP contribution in [-0.4, -0.2) is 6.61 Å². The molecule has 2 aromatic rings. The molecule has 2 aromatic carbocycles. The highest BCUT2D eigenvalue weighted by Gasteiger charge is 2.21. The van der Waals surface area contributed by atoms with Gasteiger partial charge in [-0.05, 0) is 85.6 Å². The van der Waals surface area contributed by atoms with Crippen molar-refractivity contribution in [3.8, 4) is 16.9 Å². The maximum absolute atomic E-state index is 12.1. The average Bonchev–Trinajstić information content (AvgIpc) is 2.73. The minimum absolute atomic E-state index is 0.678. The van der Waals surface area contributed by atoms with Gasteiger partial charge in [-0.3, -0.25) is 0 Å². The molecule has 0 atom stereocenters. The van der Waals surface area contributed by atoms with Crippen LogP contribution in [0.5, 0.6) is 5.75 Å². The largest absolute Gasteiger partial charge is 0.494 e. The van der Waals surface area contributed by atoms with Crippen molar-refractivity contribution in [1.82, 2.24) is 0 Å². The predicted octanol–water partition coefficient (Wildman–Crippen LogP) is 7.68. The van der Waals surface area contributed by atoms with Crippen LogP contribution in [-0.2, 0) is 0 Å². The van der Waals surface area contributed by atoms with Crippen LogP contribution < -0.4 is 4.74 Å². The molecule has 0 bridgehead atoms. The molecular weight excluding hydrogens is 335 g/mol. The Bertz CT molecular complexity index is 694. The summed E-state index contributed by atoms with van der Waals surface area (Å²) in [6.07, 6.45) is 10.4. The summed E-state index contributed by atoms with van der Waals surface area (Å²) in [7, 11) is 0. The van der Waals surface area contributed by atoms with Crippen molar-refractivity contribution in [2.24, 2.45) is 5.92 Å². The lowest BCUT2D eigenvalue weighted by Gasteiger charge is -2.28. The van der Waals surface area contributed by atoms with E-state index < -0.39 is 0 Å². The molecule has 0 amide bonds. The van der Waals surface area contributed by atoms with Crippen LogP contribution in [0, 0.1) is 5.92 Å². The lowest BCUT2D eigenvalue weighted by atomic mass is 9.77. The Labute approximate surface area is 163 Å². The van der Waals surface area contributed by atoms with E-state index in [0.717, 1.165) is 37.5 Å². The first-order valence-corrected chi connectivity index (χ1v) is 10.4. The van der Waals surface area contributed by atoms with E-state index in [1.807, 2.05) is 0 Å². The summed E-state index contributed by atoms with van der Waals surface area (Å²) in [6.45, 7) is 2.88. The Morgan fingerprint density at radius 2 is 1.56 bits per heavy atom. The average molecular weight is 367 g/mol. The quantitative estimate of drug-likeness (QED) is 0.465. The molecule has 1 fully saturated rings. The number of ether oxygens (including phenoxy) is 1. The molecule has 0 heterocycles. The maximum Gasteiger partial charge on any atom is 0.119 e. The summed E-state index contributed by atoms with van der Waals surface area (Å²) in [4.78, 5) is 0. The Kier molecular flexibility index (Phi) is 7.50. The van der Waals surface area contributed by atoms with Gasteiger partial charge in [-0.2, -0.15) is 0 Å². The van der Waals surface area contributed by atoms with Crippen molar-refractivity contribution in [3.63, 3.8) is 0 Å². The third-order valence-corrected chi connectivity index (χ3v) is 5.72. The monoisotopic (exact) mass is 366 g/mol. The van der Waals surface area contributed by atoms with Gasteiger partial charge in [-0.15, -0.1) is 0 Å². The molecule has 0 saturated heterocycles. The van der Waals surface area contributed by atoms with Gasteiger partial charge in [0.15, 0.2) is 0 Å². The van der Waals surface area contributed by atoms with Gasteiger partial charge in [-0.1, -0.05) is 49.4 Å². The second-order valence-electron chi connectivity index (χ2n) is 7.65. The number of benzene rings is 2. The highest BCUT2D eigenvalue weighted by molar-refractivity contribution is 5.64. The summed E-state index contributed by atoms with van der Waals surface area (Å²) in [5.74, 6) is 2.39. The molecule has 0 N–H and O–H groups in total. The van der Waals surface area contributed by atoms with E-state index in [1.165, 1.54) is 42.4 Å². The standard InChI is InChI=1S/C25H31FO/c1-2-19-27-25-16-14-24(15-17-25)23-12-10-22(11-13-23)21-8-6-20(7-9-21)5-3-4-18-26/h4,10-18,20-21H,2-3,5-9,19H2,1H3/b18-4+/t20-,21-. The maximum atomic E-state index is 12.1. The van der Waals surface area contributed by atoms with Crippen LogP contribution >= 0.6 is 0 Å². The lowest BCUT2D eigenvalue weighted by molar-refractivity contribution is 0.311. The fourth-order valence-corrected chi connectivity index (χ4v) is 4.09. The number of hydrogen-bond donors (Lipinski definition) is 0. The van der Waals surface area contributed by atoms with Crippen LogP contribution in [0.2, 0.25) is 0 Å². The van der Waals surface area contributed by atoms with Crippen molar-refractivity contribution < 1.29 is 9.13 Å². The Morgan fingerprint density at radius 1 is 0.926 bits per heavy atom. The van der Waals surface area contributed by atoms with Gasteiger partial charge in [0.1, 0.15) is 5.75 Å². The molecular formula is C25H31FO. The van der Waals surface area contributed by atoms with Crippen molar-refractivity contribution in [3.05, 3.63) is 66.5 Å². The summed E-state index contributed by atoms with van der Waals surface area (Å²) < 4.78 is 17.7. The second kappa shape index (κ2) is 10.3. The third kappa shape index (κ3) is 5.69. The fraction of sp³-hybridized carbons (Fsp3) is 0.440. The van der Waals surface area contributed by atoms with Crippen LogP contribution in [0.3, 0.4) is 0 Å². The van der Waals surface area contributed by atoms with Crippen molar-refractivity contribution in [2.45, 2.75) is 57.8 Å². The summed E-state index contributed by atoms with van der Waals surface area (Å²) >= 11 is 0. The molecule has 0 aromatic heterocycles. The van der Waals surface area contributed by atoms with Gasteiger partial charge >= 0.3 is 0 Å². The first-order chi connectivity index (χ1) is 13.3. The lowest BCUT2D eigenvalue weighted by Crippen LogP contribution is -2.13. The first-order valence-electron chi connectivity index (χ1n) is 10.4. The molecule has 1 aliphatic carbocycles. The van der Waals surface area contributed by atoms with E-state index in [9.17, 15) is 4.39 Å². The summed E-state index contributed by atoms with van der Waals surface area (Å²) in [5, 5.41) is 0. The van der Waals surface area contributed by atoms with Crippen molar-refractivity contribution in [2.75, 3.05) is 6.61 Å². The molecule has 1 aliphatic rings. The van der Waals surface area contributed by atoms with Gasteiger partial charge in [0.2, 0.25) is 0 Å². The molecule has 27 heavy (non-hydrogen) atoms. The zero-order chi connectivity index (χ0) is 18.9. The van der Waals surface area contributed by atoms with E-state index in [0.29, 0.717) is 12.2 Å². The number of halogens is 1. The van der Waals surface area contributed by atoms with Gasteiger partial charge in [0.25, 0.3) is 0 Å². The highest BCUT2D eigenvalue weighted by atomic mass is 19.1. The molecule has 3 rings (SSSR count).